The number of carbonyl (C=O) groups is 1. The van der Waals surface area contributed by atoms with Crippen molar-refractivity contribution in [2.45, 2.75) is 5.22 Å². The Labute approximate surface area is 146 Å². The second-order valence-corrected chi connectivity index (χ2v) is 6.54. The summed E-state index contributed by atoms with van der Waals surface area (Å²) in [5.74, 6) is 0.836. The summed E-state index contributed by atoms with van der Waals surface area (Å²) in [5, 5.41) is 3.30. The van der Waals surface area contributed by atoms with Gasteiger partial charge in [-0.05, 0) is 24.3 Å². The summed E-state index contributed by atoms with van der Waals surface area (Å²) in [6, 6.07) is 17.1. The standard InChI is InChI=1S/C17H13BrN2O2S/c18-13-8-6-12(7-9-13)15-10-19-17(22-15)23-11-16(21)20-14-4-2-1-3-5-14/h1-10H,11H2,(H,20,21). The van der Waals surface area contributed by atoms with Gasteiger partial charge in [0.1, 0.15) is 0 Å². The van der Waals surface area contributed by atoms with Crippen molar-refractivity contribution in [2.75, 3.05) is 11.1 Å². The SMILES string of the molecule is O=C(CSc1ncc(-c2ccc(Br)cc2)o1)Nc1ccccc1. The molecule has 6 heteroatoms. The van der Waals surface area contributed by atoms with Crippen molar-refractivity contribution in [1.82, 2.24) is 4.98 Å². The zero-order chi connectivity index (χ0) is 16.1. The maximum atomic E-state index is 11.9. The first-order valence-electron chi connectivity index (χ1n) is 6.90. The summed E-state index contributed by atoms with van der Waals surface area (Å²) in [6.07, 6.45) is 1.67. The van der Waals surface area contributed by atoms with Crippen LogP contribution in [0.1, 0.15) is 0 Å². The number of hydrogen-bond acceptors (Lipinski definition) is 4. The molecule has 0 unspecified atom stereocenters. The van der Waals surface area contributed by atoms with Crippen LogP contribution in [0.2, 0.25) is 0 Å². The lowest BCUT2D eigenvalue weighted by Crippen LogP contribution is -2.13. The van der Waals surface area contributed by atoms with E-state index < -0.39 is 0 Å². The topological polar surface area (TPSA) is 55.1 Å². The first kappa shape index (κ1) is 15.8. The summed E-state index contributed by atoms with van der Waals surface area (Å²) < 4.78 is 6.67. The van der Waals surface area contributed by atoms with Crippen molar-refractivity contribution in [3.05, 3.63) is 65.3 Å². The van der Waals surface area contributed by atoms with Gasteiger partial charge in [-0.2, -0.15) is 0 Å². The number of para-hydroxylation sites is 1. The molecule has 1 aromatic heterocycles. The lowest BCUT2D eigenvalue weighted by atomic mass is 10.2. The van der Waals surface area contributed by atoms with Crippen LogP contribution in [0.15, 0.2) is 74.9 Å². The quantitative estimate of drug-likeness (QED) is 0.635. The van der Waals surface area contributed by atoms with E-state index in [1.807, 2.05) is 54.6 Å². The highest BCUT2D eigenvalue weighted by Gasteiger charge is 2.09. The van der Waals surface area contributed by atoms with E-state index in [0.29, 0.717) is 11.0 Å². The highest BCUT2D eigenvalue weighted by molar-refractivity contribution is 9.10. The number of amides is 1. The molecule has 0 aliphatic carbocycles. The Kier molecular flexibility index (Phi) is 5.15. The average molecular weight is 389 g/mol. The van der Waals surface area contributed by atoms with E-state index in [1.165, 1.54) is 11.8 Å². The van der Waals surface area contributed by atoms with Crippen molar-refractivity contribution < 1.29 is 9.21 Å². The molecule has 1 N–H and O–H groups in total. The first-order valence-corrected chi connectivity index (χ1v) is 8.68. The highest BCUT2D eigenvalue weighted by atomic mass is 79.9. The number of carbonyl (C=O) groups excluding carboxylic acids is 1. The Bertz CT molecular complexity index is 788. The van der Waals surface area contributed by atoms with E-state index in [9.17, 15) is 4.79 Å². The van der Waals surface area contributed by atoms with Gasteiger partial charge in [0.25, 0.3) is 5.22 Å². The molecule has 1 heterocycles. The fourth-order valence-corrected chi connectivity index (χ4v) is 2.79. The molecule has 0 bridgehead atoms. The summed E-state index contributed by atoms with van der Waals surface area (Å²) in [7, 11) is 0. The fourth-order valence-electron chi connectivity index (χ4n) is 1.92. The molecule has 0 aliphatic heterocycles. The van der Waals surface area contributed by atoms with Gasteiger partial charge in [0.15, 0.2) is 5.76 Å². The number of anilines is 1. The third kappa shape index (κ3) is 4.46. The Morgan fingerprint density at radius 1 is 1.13 bits per heavy atom. The molecule has 3 rings (SSSR count). The van der Waals surface area contributed by atoms with Gasteiger partial charge < -0.3 is 9.73 Å². The molecule has 0 saturated heterocycles. The highest BCUT2D eigenvalue weighted by Crippen LogP contribution is 2.26. The molecule has 116 valence electrons. The van der Waals surface area contributed by atoms with E-state index in [0.717, 1.165) is 15.7 Å². The number of oxazole rings is 1. The molecule has 1 amide bonds. The minimum Gasteiger partial charge on any atom is -0.431 e. The second kappa shape index (κ2) is 7.48. The Hall–Kier alpha value is -2.05. The van der Waals surface area contributed by atoms with Crippen molar-refractivity contribution >= 4 is 39.3 Å². The van der Waals surface area contributed by atoms with Crippen molar-refractivity contribution in [3.63, 3.8) is 0 Å². The first-order chi connectivity index (χ1) is 11.2. The molecule has 0 fully saturated rings. The van der Waals surface area contributed by atoms with Crippen LogP contribution in [-0.2, 0) is 4.79 Å². The van der Waals surface area contributed by atoms with E-state index in [4.69, 9.17) is 4.42 Å². The lowest BCUT2D eigenvalue weighted by Gasteiger charge is -2.03. The van der Waals surface area contributed by atoms with E-state index in [2.05, 4.69) is 26.2 Å². The second-order valence-electron chi connectivity index (χ2n) is 4.70. The maximum Gasteiger partial charge on any atom is 0.256 e. The number of nitrogens with one attached hydrogen (secondary N) is 1. The number of hydrogen-bond donors (Lipinski definition) is 1. The van der Waals surface area contributed by atoms with Gasteiger partial charge in [0, 0.05) is 15.7 Å². The predicted octanol–water partition coefficient (Wildman–Crippen LogP) is 4.83. The number of thioether (sulfide) groups is 1. The molecular formula is C17H13BrN2O2S. The molecule has 0 atom stereocenters. The lowest BCUT2D eigenvalue weighted by molar-refractivity contribution is -0.113. The number of aromatic nitrogens is 1. The van der Waals surface area contributed by atoms with Crippen LogP contribution in [0.25, 0.3) is 11.3 Å². The van der Waals surface area contributed by atoms with Crippen LogP contribution >= 0.6 is 27.7 Å². The van der Waals surface area contributed by atoms with Gasteiger partial charge >= 0.3 is 0 Å². The number of nitrogens with zero attached hydrogens (tertiary/aromatic N) is 1. The maximum absolute atomic E-state index is 11.9. The summed E-state index contributed by atoms with van der Waals surface area (Å²) >= 11 is 4.66. The zero-order valence-corrected chi connectivity index (χ0v) is 14.4. The van der Waals surface area contributed by atoms with Gasteiger partial charge in [-0.15, -0.1) is 0 Å². The Morgan fingerprint density at radius 2 is 1.87 bits per heavy atom. The smallest absolute Gasteiger partial charge is 0.256 e. The van der Waals surface area contributed by atoms with Crippen molar-refractivity contribution in [1.29, 1.82) is 0 Å². The molecule has 4 nitrogen and oxygen atoms in total. The monoisotopic (exact) mass is 388 g/mol. The summed E-state index contributed by atoms with van der Waals surface area (Å²) in [6.45, 7) is 0. The third-order valence-electron chi connectivity index (χ3n) is 3.00. The number of halogens is 1. The molecule has 0 aliphatic rings. The van der Waals surface area contributed by atoms with Crippen LogP contribution < -0.4 is 5.32 Å². The van der Waals surface area contributed by atoms with Gasteiger partial charge in [-0.25, -0.2) is 4.98 Å². The predicted molar refractivity (Wildman–Crippen MR) is 95.4 cm³/mol. The van der Waals surface area contributed by atoms with Crippen LogP contribution in [0.4, 0.5) is 5.69 Å². The van der Waals surface area contributed by atoms with Crippen molar-refractivity contribution in [3.8, 4) is 11.3 Å². The van der Waals surface area contributed by atoms with Gasteiger partial charge in [-0.1, -0.05) is 58.0 Å². The Morgan fingerprint density at radius 3 is 2.61 bits per heavy atom. The molecule has 2 aromatic carbocycles. The largest absolute Gasteiger partial charge is 0.431 e. The Balaban J connectivity index is 1.57. The number of rotatable bonds is 5. The van der Waals surface area contributed by atoms with E-state index in [-0.39, 0.29) is 11.7 Å². The summed E-state index contributed by atoms with van der Waals surface area (Å²) in [4.78, 5) is 16.1. The normalized spacial score (nSPS) is 10.5. The molecule has 0 radical (unpaired) electrons. The third-order valence-corrected chi connectivity index (χ3v) is 4.37. The minimum atomic E-state index is -0.0930. The van der Waals surface area contributed by atoms with Crippen molar-refractivity contribution in [2.24, 2.45) is 0 Å². The molecule has 23 heavy (non-hydrogen) atoms. The fraction of sp³-hybridized carbons (Fsp3) is 0.0588. The van der Waals surface area contributed by atoms with Crippen LogP contribution in [0.3, 0.4) is 0 Å². The van der Waals surface area contributed by atoms with E-state index in [1.54, 1.807) is 6.20 Å². The summed E-state index contributed by atoms with van der Waals surface area (Å²) in [5.41, 5.74) is 1.72. The van der Waals surface area contributed by atoms with Crippen LogP contribution in [0, 0.1) is 0 Å². The van der Waals surface area contributed by atoms with Gasteiger partial charge in [0.2, 0.25) is 5.91 Å². The zero-order valence-electron chi connectivity index (χ0n) is 12.0. The minimum absolute atomic E-state index is 0.0930. The van der Waals surface area contributed by atoms with Gasteiger partial charge in [-0.3, -0.25) is 4.79 Å². The number of benzene rings is 2. The molecular weight excluding hydrogens is 376 g/mol. The average Bonchev–Trinajstić information content (AvgIpc) is 3.04. The molecule has 0 saturated carbocycles. The molecule has 0 spiro atoms. The van der Waals surface area contributed by atoms with Gasteiger partial charge in [0.05, 0.1) is 11.9 Å². The van der Waals surface area contributed by atoms with Crippen LogP contribution in [0.5, 0.6) is 0 Å². The van der Waals surface area contributed by atoms with Crippen LogP contribution in [-0.4, -0.2) is 16.6 Å². The van der Waals surface area contributed by atoms with E-state index >= 15 is 0 Å². The molecule has 3 aromatic rings.